The second-order valence-electron chi connectivity index (χ2n) is 4.65. The van der Waals surface area contributed by atoms with Crippen LogP contribution in [0.4, 0.5) is 5.69 Å². The van der Waals surface area contributed by atoms with E-state index in [1.807, 2.05) is 6.07 Å². The van der Waals surface area contributed by atoms with Crippen LogP contribution < -0.4 is 4.72 Å². The topological polar surface area (TPSA) is 55.4 Å². The Labute approximate surface area is 129 Å². The van der Waals surface area contributed by atoms with E-state index in [9.17, 15) is 8.42 Å². The van der Waals surface area contributed by atoms with E-state index in [0.717, 1.165) is 5.56 Å². The van der Waals surface area contributed by atoms with Crippen molar-refractivity contribution >= 4 is 27.3 Å². The van der Waals surface area contributed by atoms with Crippen molar-refractivity contribution in [3.8, 4) is 0 Å². The maximum absolute atomic E-state index is 12.4. The van der Waals surface area contributed by atoms with E-state index in [1.54, 1.807) is 44.4 Å². The van der Waals surface area contributed by atoms with E-state index < -0.39 is 10.0 Å². The Balaban J connectivity index is 2.31. The smallest absolute Gasteiger partial charge is 0.262 e. The molecule has 112 valence electrons. The highest BCUT2D eigenvalue weighted by Gasteiger charge is 2.17. The van der Waals surface area contributed by atoms with Gasteiger partial charge in [0.1, 0.15) is 0 Å². The molecule has 21 heavy (non-hydrogen) atoms. The van der Waals surface area contributed by atoms with Crippen LogP contribution in [-0.4, -0.2) is 15.5 Å². The van der Waals surface area contributed by atoms with E-state index in [-0.39, 0.29) is 4.90 Å². The second-order valence-corrected chi connectivity index (χ2v) is 6.74. The van der Waals surface area contributed by atoms with E-state index in [2.05, 4.69) is 4.72 Å². The Bertz CT molecular complexity index is 744. The van der Waals surface area contributed by atoms with Gasteiger partial charge in [-0.1, -0.05) is 23.7 Å². The van der Waals surface area contributed by atoms with Gasteiger partial charge >= 0.3 is 0 Å². The Kier molecular flexibility index (Phi) is 4.88. The number of aryl methyl sites for hydroxylation is 1. The summed E-state index contributed by atoms with van der Waals surface area (Å²) in [5.74, 6) is 0. The summed E-state index contributed by atoms with van der Waals surface area (Å²) in [5.41, 5.74) is 1.99. The molecule has 1 N–H and O–H groups in total. The summed E-state index contributed by atoms with van der Waals surface area (Å²) >= 11 is 5.85. The highest BCUT2D eigenvalue weighted by atomic mass is 35.5. The lowest BCUT2D eigenvalue weighted by Gasteiger charge is -2.11. The average Bonchev–Trinajstić information content (AvgIpc) is 2.38. The molecule has 0 heterocycles. The van der Waals surface area contributed by atoms with Crippen LogP contribution in [0.3, 0.4) is 0 Å². The fraction of sp³-hybridized carbons (Fsp3) is 0.200. The zero-order valence-electron chi connectivity index (χ0n) is 11.8. The van der Waals surface area contributed by atoms with Crippen molar-refractivity contribution in [1.82, 2.24) is 0 Å². The summed E-state index contributed by atoms with van der Waals surface area (Å²) in [7, 11) is -2.05. The zero-order chi connectivity index (χ0) is 15.5. The summed E-state index contributed by atoms with van der Waals surface area (Å²) in [5, 5.41) is 0.508. The predicted molar refractivity (Wildman–Crippen MR) is 84.2 cm³/mol. The van der Waals surface area contributed by atoms with Gasteiger partial charge in [-0.15, -0.1) is 0 Å². The van der Waals surface area contributed by atoms with Crippen molar-refractivity contribution in [3.05, 3.63) is 58.6 Å². The normalized spacial score (nSPS) is 11.4. The third-order valence-electron chi connectivity index (χ3n) is 2.92. The molecule has 0 amide bonds. The minimum absolute atomic E-state index is 0.212. The summed E-state index contributed by atoms with van der Waals surface area (Å²) < 4.78 is 32.4. The minimum Gasteiger partial charge on any atom is -0.380 e. The lowest BCUT2D eigenvalue weighted by molar-refractivity contribution is 0.185. The molecule has 2 rings (SSSR count). The van der Waals surface area contributed by atoms with Crippen molar-refractivity contribution in [3.63, 3.8) is 0 Å². The number of ether oxygens (including phenoxy) is 1. The number of rotatable bonds is 5. The van der Waals surface area contributed by atoms with Gasteiger partial charge in [0.05, 0.1) is 11.5 Å². The molecule has 0 radical (unpaired) electrons. The number of anilines is 1. The molecule has 0 saturated carbocycles. The molecular weight excluding hydrogens is 310 g/mol. The van der Waals surface area contributed by atoms with Crippen molar-refractivity contribution in [2.45, 2.75) is 18.4 Å². The molecule has 0 atom stereocenters. The lowest BCUT2D eigenvalue weighted by Crippen LogP contribution is -2.14. The van der Waals surface area contributed by atoms with E-state index in [1.165, 1.54) is 6.07 Å². The number of hydrogen-bond donors (Lipinski definition) is 1. The first-order valence-electron chi connectivity index (χ1n) is 6.29. The molecular formula is C15H16ClNO3S. The predicted octanol–water partition coefficient (Wildman–Crippen LogP) is 3.60. The average molecular weight is 326 g/mol. The van der Waals surface area contributed by atoms with Gasteiger partial charge in [0.25, 0.3) is 10.0 Å². The number of hydrogen-bond acceptors (Lipinski definition) is 3. The zero-order valence-corrected chi connectivity index (χ0v) is 13.3. The van der Waals surface area contributed by atoms with Crippen LogP contribution in [0.5, 0.6) is 0 Å². The summed E-state index contributed by atoms with van der Waals surface area (Å²) in [6.45, 7) is 2.14. The Morgan fingerprint density at radius 2 is 1.95 bits per heavy atom. The lowest BCUT2D eigenvalue weighted by atomic mass is 10.2. The fourth-order valence-corrected chi connectivity index (χ4v) is 3.52. The summed E-state index contributed by atoms with van der Waals surface area (Å²) in [6.07, 6.45) is 0. The van der Waals surface area contributed by atoms with Crippen molar-refractivity contribution < 1.29 is 13.2 Å². The standard InChI is InChI=1S/C15H16ClNO3S/c1-11-8-13(16)6-7-15(11)21(18,19)17-14-5-3-4-12(9-14)10-20-2/h3-9,17H,10H2,1-2H3. The molecule has 0 saturated heterocycles. The van der Waals surface area contributed by atoms with E-state index >= 15 is 0 Å². The van der Waals surface area contributed by atoms with Crippen LogP contribution in [0.25, 0.3) is 0 Å². The number of halogens is 1. The molecule has 0 aromatic heterocycles. The van der Waals surface area contributed by atoms with Gasteiger partial charge in [-0.2, -0.15) is 0 Å². The maximum Gasteiger partial charge on any atom is 0.262 e. The van der Waals surface area contributed by atoms with Crippen molar-refractivity contribution in [2.75, 3.05) is 11.8 Å². The second kappa shape index (κ2) is 6.47. The van der Waals surface area contributed by atoms with Gasteiger partial charge in [0, 0.05) is 17.8 Å². The Morgan fingerprint density at radius 1 is 1.19 bits per heavy atom. The van der Waals surface area contributed by atoms with Gasteiger partial charge in [0.2, 0.25) is 0 Å². The molecule has 2 aromatic rings. The van der Waals surface area contributed by atoms with Crippen LogP contribution in [0, 0.1) is 6.92 Å². The maximum atomic E-state index is 12.4. The molecule has 2 aromatic carbocycles. The molecule has 0 aliphatic heterocycles. The summed E-state index contributed by atoms with van der Waals surface area (Å²) in [4.78, 5) is 0.212. The Morgan fingerprint density at radius 3 is 2.62 bits per heavy atom. The molecule has 0 aliphatic rings. The minimum atomic E-state index is -3.64. The number of benzene rings is 2. The largest absolute Gasteiger partial charge is 0.380 e. The number of sulfonamides is 1. The van der Waals surface area contributed by atoms with E-state index in [4.69, 9.17) is 16.3 Å². The molecule has 0 aliphatic carbocycles. The van der Waals surface area contributed by atoms with Gasteiger partial charge in [0.15, 0.2) is 0 Å². The third kappa shape index (κ3) is 3.97. The van der Waals surface area contributed by atoms with Crippen LogP contribution in [-0.2, 0) is 21.4 Å². The number of methoxy groups -OCH3 is 1. The molecule has 0 unspecified atom stereocenters. The van der Waals surface area contributed by atoms with Crippen molar-refractivity contribution in [1.29, 1.82) is 0 Å². The Hall–Kier alpha value is -1.56. The first-order chi connectivity index (χ1) is 9.92. The molecule has 6 heteroatoms. The summed E-state index contributed by atoms with van der Waals surface area (Å²) in [6, 6.07) is 11.8. The van der Waals surface area contributed by atoms with Crippen molar-refractivity contribution in [2.24, 2.45) is 0 Å². The first kappa shape index (κ1) is 15.8. The molecule has 4 nitrogen and oxygen atoms in total. The van der Waals surface area contributed by atoms with Crippen LogP contribution in [0.2, 0.25) is 5.02 Å². The van der Waals surface area contributed by atoms with Crippen LogP contribution in [0.1, 0.15) is 11.1 Å². The molecule has 0 bridgehead atoms. The number of nitrogens with one attached hydrogen (secondary N) is 1. The van der Waals surface area contributed by atoms with Crippen LogP contribution >= 0.6 is 11.6 Å². The SMILES string of the molecule is COCc1cccc(NS(=O)(=O)c2ccc(Cl)cc2C)c1. The highest BCUT2D eigenvalue weighted by molar-refractivity contribution is 7.92. The van der Waals surface area contributed by atoms with Crippen LogP contribution in [0.15, 0.2) is 47.4 Å². The highest BCUT2D eigenvalue weighted by Crippen LogP contribution is 2.22. The van der Waals surface area contributed by atoms with Gasteiger partial charge in [-0.05, 0) is 48.4 Å². The molecule has 0 spiro atoms. The monoisotopic (exact) mass is 325 g/mol. The van der Waals surface area contributed by atoms with Gasteiger partial charge < -0.3 is 4.74 Å². The van der Waals surface area contributed by atoms with Gasteiger partial charge in [-0.25, -0.2) is 8.42 Å². The quantitative estimate of drug-likeness (QED) is 0.914. The fourth-order valence-electron chi connectivity index (χ4n) is 2.02. The molecule has 0 fully saturated rings. The first-order valence-corrected chi connectivity index (χ1v) is 8.15. The third-order valence-corrected chi connectivity index (χ3v) is 4.69. The van der Waals surface area contributed by atoms with E-state index in [0.29, 0.717) is 22.9 Å². The van der Waals surface area contributed by atoms with Gasteiger partial charge in [-0.3, -0.25) is 4.72 Å².